The van der Waals surface area contributed by atoms with Crippen molar-refractivity contribution in [2.75, 3.05) is 6.26 Å². The van der Waals surface area contributed by atoms with Crippen molar-refractivity contribution in [2.24, 2.45) is 0 Å². The first-order chi connectivity index (χ1) is 13.6. The zero-order chi connectivity index (χ0) is 21.0. The fourth-order valence-electron chi connectivity index (χ4n) is 4.44. The fourth-order valence-corrected chi connectivity index (χ4v) is 7.78. The molecule has 0 aromatic heterocycles. The van der Waals surface area contributed by atoms with Crippen molar-refractivity contribution in [1.29, 1.82) is 0 Å². The molecule has 2 aliphatic rings. The van der Waals surface area contributed by atoms with E-state index in [2.05, 4.69) is 0 Å². The number of sulfone groups is 1. The zero-order valence-electron chi connectivity index (χ0n) is 15.8. The number of hydrogen-bond acceptors (Lipinski definition) is 4. The lowest BCUT2D eigenvalue weighted by Gasteiger charge is -2.37. The van der Waals surface area contributed by atoms with Crippen LogP contribution in [0.15, 0.2) is 47.4 Å². The quantitative estimate of drug-likeness (QED) is 0.659. The van der Waals surface area contributed by atoms with E-state index in [9.17, 15) is 16.8 Å². The molecule has 9 heteroatoms. The van der Waals surface area contributed by atoms with Crippen molar-refractivity contribution in [3.05, 3.63) is 52.5 Å². The molecular weight excluding hydrogens is 453 g/mol. The summed E-state index contributed by atoms with van der Waals surface area (Å²) < 4.78 is 52.0. The molecule has 0 spiro atoms. The molecule has 2 bridgehead atoms. The Labute approximate surface area is 181 Å². The van der Waals surface area contributed by atoms with Gasteiger partial charge in [0.1, 0.15) is 9.84 Å². The summed E-state index contributed by atoms with van der Waals surface area (Å²) in [7, 11) is -6.86. The van der Waals surface area contributed by atoms with Crippen molar-refractivity contribution in [3.8, 4) is 11.1 Å². The van der Waals surface area contributed by atoms with Crippen LogP contribution in [0.2, 0.25) is 10.0 Å². The van der Waals surface area contributed by atoms with Gasteiger partial charge in [0.25, 0.3) is 0 Å². The largest absolute Gasteiger partial charge is 0.243 e. The van der Waals surface area contributed by atoms with Gasteiger partial charge in [0.05, 0.1) is 20.2 Å². The number of halogens is 2. The molecule has 29 heavy (non-hydrogen) atoms. The summed E-state index contributed by atoms with van der Waals surface area (Å²) in [5, 5.41) is 0.442. The first kappa shape index (κ1) is 21.1. The summed E-state index contributed by atoms with van der Waals surface area (Å²) in [6, 6.07) is 11.4. The summed E-state index contributed by atoms with van der Waals surface area (Å²) in [6.07, 6.45) is 3.39. The molecule has 2 heterocycles. The van der Waals surface area contributed by atoms with Crippen LogP contribution >= 0.6 is 23.2 Å². The molecular formula is C20H21Cl2NO4S2. The third-order valence-corrected chi connectivity index (χ3v) is 10.3. The van der Waals surface area contributed by atoms with E-state index < -0.39 is 25.1 Å². The first-order valence-corrected chi connectivity index (χ1v) is 13.5. The summed E-state index contributed by atoms with van der Waals surface area (Å²) in [5.74, 6) is 0. The maximum Gasteiger partial charge on any atom is 0.243 e. The maximum absolute atomic E-state index is 13.3. The molecule has 2 aromatic rings. The van der Waals surface area contributed by atoms with Gasteiger partial charge in [-0.2, -0.15) is 4.31 Å². The summed E-state index contributed by atoms with van der Waals surface area (Å²) >= 11 is 12.0. The predicted molar refractivity (Wildman–Crippen MR) is 116 cm³/mol. The molecule has 2 unspecified atom stereocenters. The van der Waals surface area contributed by atoms with E-state index in [1.807, 2.05) is 6.07 Å². The molecule has 2 aromatic carbocycles. The van der Waals surface area contributed by atoms with E-state index in [-0.39, 0.29) is 17.0 Å². The predicted octanol–water partition coefficient (Wildman–Crippen LogP) is 4.39. The minimum absolute atomic E-state index is 0.219. The number of nitrogens with zero attached hydrogens (tertiary/aromatic N) is 1. The third kappa shape index (κ3) is 3.95. The van der Waals surface area contributed by atoms with Crippen LogP contribution in [0, 0.1) is 0 Å². The highest BCUT2D eigenvalue weighted by molar-refractivity contribution is 7.91. The standard InChI is InChI=1S/C20H21Cl2NO4S2/c1-28(24,25)18-11-15-5-6-16(12-18)23(15)29(26,27)17-7-2-13(3-8-17)14-4-9-19(21)20(22)10-14/h2-4,7-10,15-16,18H,5-6,11-12H2,1H3. The van der Waals surface area contributed by atoms with Gasteiger partial charge in [-0.05, 0) is 61.1 Å². The summed E-state index contributed by atoms with van der Waals surface area (Å²) in [5.41, 5.74) is 1.68. The molecule has 0 N–H and O–H groups in total. The smallest absolute Gasteiger partial charge is 0.229 e. The van der Waals surface area contributed by atoms with Crippen molar-refractivity contribution in [2.45, 2.75) is 47.9 Å². The topological polar surface area (TPSA) is 71.5 Å². The second-order valence-corrected chi connectivity index (χ2v) is 12.8. The maximum atomic E-state index is 13.3. The van der Waals surface area contributed by atoms with Crippen LogP contribution < -0.4 is 0 Å². The van der Waals surface area contributed by atoms with E-state index in [0.717, 1.165) is 11.1 Å². The van der Waals surface area contributed by atoms with Crippen molar-refractivity contribution in [1.82, 2.24) is 4.31 Å². The van der Waals surface area contributed by atoms with E-state index in [0.29, 0.717) is 35.7 Å². The van der Waals surface area contributed by atoms with Crippen LogP contribution in [0.25, 0.3) is 11.1 Å². The Bertz CT molecular complexity index is 1130. The Morgan fingerprint density at radius 1 is 0.828 bits per heavy atom. The van der Waals surface area contributed by atoms with E-state index in [1.165, 1.54) is 6.26 Å². The third-order valence-electron chi connectivity index (χ3n) is 5.91. The van der Waals surface area contributed by atoms with Gasteiger partial charge in [0, 0.05) is 18.3 Å². The molecule has 0 aliphatic carbocycles. The van der Waals surface area contributed by atoms with Crippen LogP contribution in [-0.4, -0.2) is 44.7 Å². The average molecular weight is 474 g/mol. The zero-order valence-corrected chi connectivity index (χ0v) is 18.9. The summed E-state index contributed by atoms with van der Waals surface area (Å²) in [6.45, 7) is 0. The Morgan fingerprint density at radius 3 is 1.90 bits per heavy atom. The Hall–Kier alpha value is -1.12. The molecule has 0 saturated carbocycles. The highest BCUT2D eigenvalue weighted by Crippen LogP contribution is 2.41. The Kier molecular flexibility index (Phi) is 5.49. The van der Waals surface area contributed by atoms with E-state index in [1.54, 1.807) is 40.7 Å². The lowest BCUT2D eigenvalue weighted by Crippen LogP contribution is -2.49. The number of sulfonamides is 1. The van der Waals surface area contributed by atoms with E-state index >= 15 is 0 Å². The number of rotatable bonds is 4. The van der Waals surface area contributed by atoms with Gasteiger partial charge >= 0.3 is 0 Å². The molecule has 2 saturated heterocycles. The average Bonchev–Trinajstić information content (AvgIpc) is 2.94. The van der Waals surface area contributed by atoms with Gasteiger partial charge in [-0.15, -0.1) is 0 Å². The molecule has 2 aliphatic heterocycles. The van der Waals surface area contributed by atoms with Gasteiger partial charge in [-0.1, -0.05) is 41.4 Å². The molecule has 0 radical (unpaired) electrons. The second kappa shape index (κ2) is 7.54. The second-order valence-electron chi connectivity index (χ2n) is 7.80. The van der Waals surface area contributed by atoms with Gasteiger partial charge in [0.15, 0.2) is 0 Å². The number of benzene rings is 2. The molecule has 4 rings (SSSR count). The minimum Gasteiger partial charge on any atom is -0.229 e. The molecule has 2 fully saturated rings. The summed E-state index contributed by atoms with van der Waals surface area (Å²) in [4.78, 5) is 0.219. The molecule has 2 atom stereocenters. The lowest BCUT2D eigenvalue weighted by molar-refractivity contribution is 0.249. The molecule has 0 amide bonds. The normalized spacial score (nSPS) is 25.3. The minimum atomic E-state index is -3.69. The SMILES string of the molecule is CS(=O)(=O)C1CC2CCC(C1)N2S(=O)(=O)c1ccc(-c2ccc(Cl)c(Cl)c2)cc1. The highest BCUT2D eigenvalue weighted by Gasteiger charge is 2.49. The van der Waals surface area contributed by atoms with Crippen molar-refractivity contribution < 1.29 is 16.8 Å². The van der Waals surface area contributed by atoms with Crippen LogP contribution in [0.4, 0.5) is 0 Å². The highest BCUT2D eigenvalue weighted by atomic mass is 35.5. The van der Waals surface area contributed by atoms with Crippen molar-refractivity contribution in [3.63, 3.8) is 0 Å². The number of hydrogen-bond donors (Lipinski definition) is 0. The Balaban J connectivity index is 1.61. The van der Waals surface area contributed by atoms with Crippen LogP contribution in [-0.2, 0) is 19.9 Å². The monoisotopic (exact) mass is 473 g/mol. The van der Waals surface area contributed by atoms with Crippen LogP contribution in [0.5, 0.6) is 0 Å². The van der Waals surface area contributed by atoms with Gasteiger partial charge in [-0.3, -0.25) is 0 Å². The van der Waals surface area contributed by atoms with Crippen LogP contribution in [0.3, 0.4) is 0 Å². The number of fused-ring (bicyclic) bond motifs is 2. The van der Waals surface area contributed by atoms with Gasteiger partial charge < -0.3 is 0 Å². The lowest BCUT2D eigenvalue weighted by atomic mass is 10.1. The Morgan fingerprint density at radius 2 is 1.38 bits per heavy atom. The fraction of sp³-hybridized carbons (Fsp3) is 0.400. The van der Waals surface area contributed by atoms with Gasteiger partial charge in [0.2, 0.25) is 10.0 Å². The molecule has 156 valence electrons. The number of piperidine rings is 1. The van der Waals surface area contributed by atoms with Gasteiger partial charge in [-0.25, -0.2) is 16.8 Å². The van der Waals surface area contributed by atoms with Crippen molar-refractivity contribution >= 4 is 43.1 Å². The van der Waals surface area contributed by atoms with Crippen LogP contribution in [0.1, 0.15) is 25.7 Å². The first-order valence-electron chi connectivity index (χ1n) is 9.35. The molecule has 5 nitrogen and oxygen atoms in total. The van der Waals surface area contributed by atoms with E-state index in [4.69, 9.17) is 23.2 Å².